The van der Waals surface area contributed by atoms with Crippen molar-refractivity contribution in [2.24, 2.45) is 11.5 Å². The predicted molar refractivity (Wildman–Crippen MR) is 37.4 cm³/mol. The van der Waals surface area contributed by atoms with Crippen LogP contribution < -0.4 is 41.0 Å². The van der Waals surface area contributed by atoms with Crippen LogP contribution in [0, 0.1) is 0 Å². The van der Waals surface area contributed by atoms with E-state index in [1.54, 1.807) is 0 Å². The molecule has 64 valence electrons. The molecule has 2 unspecified atom stereocenters. The minimum Gasteiger partial charge on any atom is -1.00 e. The molecular weight excluding hydrogens is 179 g/mol. The Hall–Kier alpha value is 0.990. The largest absolute Gasteiger partial charge is 1.00 e. The Bertz CT molecular complexity index is 120. The van der Waals surface area contributed by atoms with Crippen LogP contribution in [0.2, 0.25) is 0 Å². The molecule has 0 heterocycles. The number of hydrogen-bond donors (Lipinski definition) is 2. The predicted octanol–water partition coefficient (Wildman–Crippen LogP) is -4.06. The fourth-order valence-electron chi connectivity index (χ4n) is 0.468. The standard InChI is InChI=1S/C4H12N2O3S.Na.H/c5-3-1-2-4(6)9-10(7)8;;/h4H,1-3,5-6H2,(H,7,8);;/q;+1;-1/p-1. The summed E-state index contributed by atoms with van der Waals surface area (Å²) in [5, 5.41) is 0. The SMILES string of the molecule is NCCCC(N)OS(=O)[O-].[H-].[Na+]. The van der Waals surface area contributed by atoms with Gasteiger partial charge in [0.15, 0.2) is 0 Å². The summed E-state index contributed by atoms with van der Waals surface area (Å²) in [6.45, 7) is 0.489. The average molecular weight is 191 g/mol. The smallest absolute Gasteiger partial charge is 1.00 e. The Labute approximate surface area is 92.1 Å². The number of hydrogen-bond acceptors (Lipinski definition) is 5. The number of rotatable bonds is 5. The van der Waals surface area contributed by atoms with Gasteiger partial charge in [0.05, 0.1) is 11.4 Å². The van der Waals surface area contributed by atoms with Gasteiger partial charge in [-0.2, -0.15) is 0 Å². The van der Waals surface area contributed by atoms with E-state index in [-0.39, 0.29) is 31.0 Å². The molecule has 11 heavy (non-hydrogen) atoms. The molecule has 0 fully saturated rings. The summed E-state index contributed by atoms with van der Waals surface area (Å²) in [5.74, 6) is 0. The van der Waals surface area contributed by atoms with E-state index >= 15 is 0 Å². The van der Waals surface area contributed by atoms with E-state index in [0.29, 0.717) is 19.4 Å². The second-order valence-corrected chi connectivity index (χ2v) is 2.37. The molecule has 2 atom stereocenters. The van der Waals surface area contributed by atoms with Gasteiger partial charge in [-0.1, -0.05) is 0 Å². The van der Waals surface area contributed by atoms with Crippen molar-refractivity contribution >= 4 is 11.4 Å². The third-order valence-electron chi connectivity index (χ3n) is 0.895. The van der Waals surface area contributed by atoms with Crippen LogP contribution in [-0.2, 0) is 15.5 Å². The van der Waals surface area contributed by atoms with Crippen molar-refractivity contribution in [3.8, 4) is 0 Å². The molecule has 0 aromatic heterocycles. The summed E-state index contributed by atoms with van der Waals surface area (Å²) in [6.07, 6.45) is 0.380. The van der Waals surface area contributed by atoms with Crippen molar-refractivity contribution in [3.05, 3.63) is 0 Å². The first-order valence-corrected chi connectivity index (χ1v) is 3.89. The molecule has 0 aromatic rings. The van der Waals surface area contributed by atoms with Gasteiger partial charge in [-0.25, -0.2) is 4.21 Å². The Balaban J connectivity index is -0.000000405. The molecule has 0 aromatic carbocycles. The number of nitrogens with two attached hydrogens (primary N) is 2. The molecule has 0 saturated carbocycles. The summed E-state index contributed by atoms with van der Waals surface area (Å²) >= 11 is -2.51. The van der Waals surface area contributed by atoms with E-state index < -0.39 is 17.6 Å². The minimum absolute atomic E-state index is 0. The topological polar surface area (TPSA) is 101 Å². The Morgan fingerprint density at radius 2 is 2.27 bits per heavy atom. The molecule has 0 rings (SSSR count). The zero-order valence-electron chi connectivity index (χ0n) is 7.49. The van der Waals surface area contributed by atoms with Gasteiger partial charge in [0, 0.05) is 0 Å². The van der Waals surface area contributed by atoms with Crippen LogP contribution in [0.5, 0.6) is 0 Å². The molecule has 0 amide bonds. The summed E-state index contributed by atoms with van der Waals surface area (Å²) in [6, 6.07) is 0. The molecule has 0 bridgehead atoms. The van der Waals surface area contributed by atoms with Crippen LogP contribution in [0.25, 0.3) is 0 Å². The maximum Gasteiger partial charge on any atom is 1.00 e. The Morgan fingerprint density at radius 1 is 1.73 bits per heavy atom. The van der Waals surface area contributed by atoms with Crippen LogP contribution in [0.3, 0.4) is 0 Å². The molecular formula is C4H12N2NaO3S-. The summed E-state index contributed by atoms with van der Waals surface area (Å²) in [5.41, 5.74) is 10.3. The molecule has 4 N–H and O–H groups in total. The van der Waals surface area contributed by atoms with Crippen LogP contribution in [0.15, 0.2) is 0 Å². The second-order valence-electron chi connectivity index (χ2n) is 1.77. The van der Waals surface area contributed by atoms with Gasteiger partial charge in [-0.3, -0.25) is 4.18 Å². The summed E-state index contributed by atoms with van der Waals surface area (Å²) < 4.78 is 23.9. The third-order valence-corrected chi connectivity index (χ3v) is 1.30. The van der Waals surface area contributed by atoms with Crippen molar-refractivity contribution in [2.75, 3.05) is 6.54 Å². The van der Waals surface area contributed by atoms with Gasteiger partial charge in [-0.05, 0) is 19.4 Å². The molecule has 0 saturated heterocycles. The molecule has 0 aliphatic heterocycles. The maximum atomic E-state index is 9.84. The van der Waals surface area contributed by atoms with Crippen molar-refractivity contribution in [1.29, 1.82) is 0 Å². The molecule has 0 spiro atoms. The van der Waals surface area contributed by atoms with Crippen molar-refractivity contribution < 1.29 is 43.9 Å². The molecule has 0 aliphatic carbocycles. The van der Waals surface area contributed by atoms with Gasteiger partial charge in [0.25, 0.3) is 0 Å². The van der Waals surface area contributed by atoms with E-state index in [0.717, 1.165) is 0 Å². The first kappa shape index (κ1) is 14.5. The first-order valence-electron chi connectivity index (χ1n) is 2.89. The van der Waals surface area contributed by atoms with Crippen LogP contribution in [0.4, 0.5) is 0 Å². The van der Waals surface area contributed by atoms with Gasteiger partial charge in [0.1, 0.15) is 6.23 Å². The zero-order chi connectivity index (χ0) is 7.98. The van der Waals surface area contributed by atoms with E-state index in [4.69, 9.17) is 11.5 Å². The third kappa shape index (κ3) is 11.0. The average Bonchev–Trinajstić information content (AvgIpc) is 1.82. The van der Waals surface area contributed by atoms with Crippen molar-refractivity contribution in [2.45, 2.75) is 19.1 Å². The van der Waals surface area contributed by atoms with Crippen LogP contribution in [0.1, 0.15) is 14.3 Å². The van der Waals surface area contributed by atoms with Crippen LogP contribution in [-0.4, -0.2) is 21.5 Å². The van der Waals surface area contributed by atoms with Crippen molar-refractivity contribution in [3.63, 3.8) is 0 Å². The van der Waals surface area contributed by atoms with Gasteiger partial charge in [0.2, 0.25) is 0 Å². The Kier molecular flexibility index (Phi) is 12.0. The molecule has 0 radical (unpaired) electrons. The van der Waals surface area contributed by atoms with E-state index in [1.165, 1.54) is 0 Å². The van der Waals surface area contributed by atoms with Gasteiger partial charge < -0.3 is 17.4 Å². The fourth-order valence-corrected chi connectivity index (χ4v) is 0.766. The monoisotopic (exact) mass is 191 g/mol. The fraction of sp³-hybridized carbons (Fsp3) is 1.00. The van der Waals surface area contributed by atoms with E-state index in [9.17, 15) is 8.76 Å². The Morgan fingerprint density at radius 3 is 2.64 bits per heavy atom. The quantitative estimate of drug-likeness (QED) is 0.261. The van der Waals surface area contributed by atoms with Crippen LogP contribution >= 0.6 is 0 Å². The molecule has 0 aliphatic rings. The van der Waals surface area contributed by atoms with Gasteiger partial charge in [-0.15, -0.1) is 0 Å². The van der Waals surface area contributed by atoms with Gasteiger partial charge >= 0.3 is 29.6 Å². The normalized spacial score (nSPS) is 15.2. The second kappa shape index (κ2) is 9.08. The summed E-state index contributed by atoms with van der Waals surface area (Å²) in [4.78, 5) is 0. The maximum absolute atomic E-state index is 9.84. The van der Waals surface area contributed by atoms with E-state index in [1.807, 2.05) is 0 Å². The summed E-state index contributed by atoms with van der Waals surface area (Å²) in [7, 11) is 0. The minimum atomic E-state index is -2.51. The molecule has 5 nitrogen and oxygen atoms in total. The zero-order valence-corrected chi connectivity index (χ0v) is 9.30. The van der Waals surface area contributed by atoms with Crippen molar-refractivity contribution in [1.82, 2.24) is 0 Å². The molecule has 7 heteroatoms. The van der Waals surface area contributed by atoms with E-state index in [2.05, 4.69) is 4.18 Å². The first-order chi connectivity index (χ1) is 4.66.